The topological polar surface area (TPSA) is 96.4 Å². The van der Waals surface area contributed by atoms with E-state index in [4.69, 9.17) is 8.94 Å². The number of aryl methyl sites for hydroxylation is 4. The number of aromatic nitrogens is 2. The Morgan fingerprint density at radius 3 is 2.66 bits per heavy atom. The predicted molar refractivity (Wildman–Crippen MR) is 161 cm³/mol. The number of nitrogens with one attached hydrogen (secondary N) is 2. The van der Waals surface area contributed by atoms with Gasteiger partial charge in [0.1, 0.15) is 17.1 Å². The van der Waals surface area contributed by atoms with Crippen LogP contribution in [0.3, 0.4) is 0 Å². The highest BCUT2D eigenvalue weighted by Crippen LogP contribution is 2.36. The maximum absolute atomic E-state index is 12.7. The molecule has 218 valence electrons. The zero-order valence-electron chi connectivity index (χ0n) is 25.0. The SMILES string of the molecule is Cc1cnc(CC(C)CCCNC(=O)Cc2ccc3oc(C(c4c(C)noc4C)N4CCNCC4)cc3c2)c(C)c1. The van der Waals surface area contributed by atoms with Gasteiger partial charge in [-0.05, 0) is 87.8 Å². The van der Waals surface area contributed by atoms with Crippen LogP contribution in [0.5, 0.6) is 0 Å². The quantitative estimate of drug-likeness (QED) is 0.240. The highest BCUT2D eigenvalue weighted by Gasteiger charge is 2.31. The molecule has 41 heavy (non-hydrogen) atoms. The number of piperazine rings is 1. The van der Waals surface area contributed by atoms with E-state index in [0.29, 0.717) is 18.9 Å². The zero-order chi connectivity index (χ0) is 28.9. The van der Waals surface area contributed by atoms with Gasteiger partial charge in [0.25, 0.3) is 0 Å². The number of fused-ring (bicyclic) bond motifs is 1. The fourth-order valence-corrected chi connectivity index (χ4v) is 6.00. The lowest BCUT2D eigenvalue weighted by Crippen LogP contribution is -2.45. The molecule has 1 saturated heterocycles. The van der Waals surface area contributed by atoms with Crippen molar-refractivity contribution in [3.63, 3.8) is 0 Å². The second kappa shape index (κ2) is 13.0. The van der Waals surface area contributed by atoms with Crippen molar-refractivity contribution in [1.82, 2.24) is 25.7 Å². The Hall–Kier alpha value is -3.49. The Bertz CT molecular complexity index is 1460. The molecule has 8 heteroatoms. The molecule has 0 spiro atoms. The van der Waals surface area contributed by atoms with Gasteiger partial charge < -0.3 is 19.6 Å². The third-order valence-electron chi connectivity index (χ3n) is 8.17. The van der Waals surface area contributed by atoms with E-state index in [0.717, 1.165) is 84.8 Å². The normalized spacial score (nSPS) is 15.7. The van der Waals surface area contributed by atoms with Gasteiger partial charge in [0.2, 0.25) is 5.91 Å². The van der Waals surface area contributed by atoms with E-state index in [1.54, 1.807) is 0 Å². The summed E-state index contributed by atoms with van der Waals surface area (Å²) in [6.07, 6.45) is 5.28. The molecule has 1 amide bonds. The van der Waals surface area contributed by atoms with Crippen molar-refractivity contribution in [2.24, 2.45) is 5.92 Å². The standard InChI is InChI=1S/C33H43N5O3/c1-21(16-28-23(3)15-22(2)20-36-28)7-6-10-35-31(39)18-26-8-9-29-27(17-26)19-30(40-29)33(38-13-11-34-12-14-38)32-24(4)37-41-25(32)5/h8-9,15,17,19-21,33-34H,6-7,10-14,16,18H2,1-5H3,(H,35,39). The molecule has 2 unspecified atom stereocenters. The molecule has 0 bridgehead atoms. The summed E-state index contributed by atoms with van der Waals surface area (Å²) in [6, 6.07) is 10.3. The number of benzene rings is 1. The first-order valence-corrected chi connectivity index (χ1v) is 14.9. The summed E-state index contributed by atoms with van der Waals surface area (Å²) >= 11 is 0. The number of nitrogens with zero attached hydrogens (tertiary/aromatic N) is 3. The number of pyridine rings is 1. The molecule has 0 radical (unpaired) electrons. The van der Waals surface area contributed by atoms with Crippen molar-refractivity contribution >= 4 is 16.9 Å². The first-order chi connectivity index (χ1) is 19.8. The number of furan rings is 1. The Kier molecular flexibility index (Phi) is 9.20. The van der Waals surface area contributed by atoms with E-state index in [9.17, 15) is 4.79 Å². The van der Waals surface area contributed by atoms with Crippen LogP contribution in [-0.4, -0.2) is 53.7 Å². The molecule has 2 atom stereocenters. The van der Waals surface area contributed by atoms with E-state index >= 15 is 0 Å². The first-order valence-electron chi connectivity index (χ1n) is 14.9. The minimum Gasteiger partial charge on any atom is -0.459 e. The molecular formula is C33H43N5O3. The molecule has 8 nitrogen and oxygen atoms in total. The monoisotopic (exact) mass is 557 g/mol. The van der Waals surface area contributed by atoms with E-state index in [1.807, 2.05) is 32.2 Å². The molecule has 1 fully saturated rings. The molecular weight excluding hydrogens is 514 g/mol. The number of hydrogen-bond donors (Lipinski definition) is 2. The summed E-state index contributed by atoms with van der Waals surface area (Å²) < 4.78 is 11.9. The van der Waals surface area contributed by atoms with Crippen LogP contribution in [0.4, 0.5) is 0 Å². The maximum atomic E-state index is 12.7. The van der Waals surface area contributed by atoms with Crippen molar-refractivity contribution < 1.29 is 13.7 Å². The van der Waals surface area contributed by atoms with Crippen molar-refractivity contribution in [3.05, 3.63) is 81.7 Å². The second-order valence-corrected chi connectivity index (χ2v) is 11.7. The van der Waals surface area contributed by atoms with Gasteiger partial charge in [-0.3, -0.25) is 14.7 Å². The van der Waals surface area contributed by atoms with Crippen molar-refractivity contribution in [2.45, 2.75) is 66.3 Å². The van der Waals surface area contributed by atoms with Crippen LogP contribution >= 0.6 is 0 Å². The molecule has 1 aliphatic heterocycles. The van der Waals surface area contributed by atoms with Crippen LogP contribution in [0.25, 0.3) is 11.0 Å². The Morgan fingerprint density at radius 2 is 1.93 bits per heavy atom. The van der Waals surface area contributed by atoms with Crippen molar-refractivity contribution in [3.8, 4) is 0 Å². The van der Waals surface area contributed by atoms with E-state index in [1.165, 1.54) is 16.8 Å². The van der Waals surface area contributed by atoms with Crippen LogP contribution in [0.15, 0.2) is 45.5 Å². The average Bonchev–Trinajstić information content (AvgIpc) is 3.51. The first kappa shape index (κ1) is 29.0. The summed E-state index contributed by atoms with van der Waals surface area (Å²) in [5.41, 5.74) is 7.40. The number of hydrogen-bond acceptors (Lipinski definition) is 7. The largest absolute Gasteiger partial charge is 0.459 e. The van der Waals surface area contributed by atoms with E-state index in [2.05, 4.69) is 64.6 Å². The predicted octanol–water partition coefficient (Wildman–Crippen LogP) is 5.36. The fourth-order valence-electron chi connectivity index (χ4n) is 6.00. The minimum atomic E-state index is -0.0596. The summed E-state index contributed by atoms with van der Waals surface area (Å²) in [5, 5.41) is 11.8. The van der Waals surface area contributed by atoms with Crippen LogP contribution in [0.2, 0.25) is 0 Å². The summed E-state index contributed by atoms with van der Waals surface area (Å²) in [6.45, 7) is 14.8. The summed E-state index contributed by atoms with van der Waals surface area (Å²) in [4.78, 5) is 19.8. The molecule has 4 aromatic rings. The van der Waals surface area contributed by atoms with Gasteiger partial charge in [-0.2, -0.15) is 0 Å². The molecule has 3 aromatic heterocycles. The van der Waals surface area contributed by atoms with Crippen LogP contribution in [-0.2, 0) is 17.6 Å². The van der Waals surface area contributed by atoms with Crippen LogP contribution < -0.4 is 10.6 Å². The summed E-state index contributed by atoms with van der Waals surface area (Å²) in [7, 11) is 0. The fraction of sp³-hybridized carbons (Fsp3) is 0.485. The number of rotatable bonds is 11. The second-order valence-electron chi connectivity index (χ2n) is 11.7. The minimum absolute atomic E-state index is 0.0474. The number of carbonyl (C=O) groups is 1. The Labute approximate surface area is 242 Å². The van der Waals surface area contributed by atoms with Gasteiger partial charge >= 0.3 is 0 Å². The number of carbonyl (C=O) groups excluding carboxylic acids is 1. The van der Waals surface area contributed by atoms with Crippen molar-refractivity contribution in [1.29, 1.82) is 0 Å². The Morgan fingerprint density at radius 1 is 1.12 bits per heavy atom. The average molecular weight is 558 g/mol. The van der Waals surface area contributed by atoms with E-state index < -0.39 is 0 Å². The summed E-state index contributed by atoms with van der Waals surface area (Å²) in [5.74, 6) is 2.27. The van der Waals surface area contributed by atoms with Crippen molar-refractivity contribution in [2.75, 3.05) is 32.7 Å². The molecule has 2 N–H and O–H groups in total. The highest BCUT2D eigenvalue weighted by atomic mass is 16.5. The lowest BCUT2D eigenvalue weighted by molar-refractivity contribution is -0.120. The molecule has 1 aromatic carbocycles. The lowest BCUT2D eigenvalue weighted by Gasteiger charge is -2.33. The third-order valence-corrected chi connectivity index (χ3v) is 8.17. The van der Waals surface area contributed by atoms with Crippen LogP contribution in [0, 0.1) is 33.6 Å². The smallest absolute Gasteiger partial charge is 0.224 e. The molecule has 0 saturated carbocycles. The Balaban J connectivity index is 1.18. The molecule has 5 rings (SSSR count). The van der Waals surface area contributed by atoms with Gasteiger partial charge in [0, 0.05) is 55.6 Å². The highest BCUT2D eigenvalue weighted by molar-refractivity contribution is 5.83. The van der Waals surface area contributed by atoms with Gasteiger partial charge in [-0.1, -0.05) is 24.2 Å². The molecule has 1 aliphatic rings. The maximum Gasteiger partial charge on any atom is 0.224 e. The van der Waals surface area contributed by atoms with Gasteiger partial charge in [-0.25, -0.2) is 0 Å². The molecule has 0 aliphatic carbocycles. The van der Waals surface area contributed by atoms with Crippen LogP contribution in [0.1, 0.15) is 71.0 Å². The van der Waals surface area contributed by atoms with E-state index in [-0.39, 0.29) is 11.9 Å². The van der Waals surface area contributed by atoms with Gasteiger partial charge in [0.15, 0.2) is 0 Å². The lowest BCUT2D eigenvalue weighted by atomic mass is 9.97. The third kappa shape index (κ3) is 7.05. The van der Waals surface area contributed by atoms with Gasteiger partial charge in [-0.15, -0.1) is 0 Å². The molecule has 4 heterocycles. The van der Waals surface area contributed by atoms with Gasteiger partial charge in [0.05, 0.1) is 18.2 Å². The zero-order valence-corrected chi connectivity index (χ0v) is 25.0. The number of amides is 1.